The zero-order valence-corrected chi connectivity index (χ0v) is 12.0. The van der Waals surface area contributed by atoms with Gasteiger partial charge in [-0.3, -0.25) is 21.0 Å². The molecule has 0 spiro atoms. The van der Waals surface area contributed by atoms with Crippen molar-refractivity contribution in [1.82, 2.24) is 5.43 Å². The van der Waals surface area contributed by atoms with Crippen molar-refractivity contribution in [1.29, 1.82) is 0 Å². The summed E-state index contributed by atoms with van der Waals surface area (Å²) in [5.41, 5.74) is 9.22. The Hall–Kier alpha value is -2.89. The standard InChI is InChI=1S/C16H16N4O2/c21-20(22)14-10-8-13(9-11-14)18-19-16-7-3-5-12-4-1-2-6-15(12)17-16/h1-2,4,6,8-11,18H,3,5,7H2,(H,17,19). The van der Waals surface area contributed by atoms with Gasteiger partial charge in [0.2, 0.25) is 0 Å². The molecule has 6 heteroatoms. The van der Waals surface area contributed by atoms with Crippen LogP contribution in [0, 0.1) is 10.1 Å². The van der Waals surface area contributed by atoms with E-state index in [-0.39, 0.29) is 5.69 Å². The molecule has 2 N–H and O–H groups in total. The Kier molecular flexibility index (Phi) is 4.00. The van der Waals surface area contributed by atoms with Crippen molar-refractivity contribution in [3.63, 3.8) is 0 Å². The van der Waals surface area contributed by atoms with E-state index < -0.39 is 4.92 Å². The molecule has 0 bridgehead atoms. The summed E-state index contributed by atoms with van der Waals surface area (Å²) in [6.07, 6.45) is 2.90. The fourth-order valence-corrected chi connectivity index (χ4v) is 2.38. The Morgan fingerprint density at radius 3 is 2.55 bits per heavy atom. The Bertz CT molecular complexity index is 710. The lowest BCUT2D eigenvalue weighted by atomic mass is 10.1. The summed E-state index contributed by atoms with van der Waals surface area (Å²) in [7, 11) is 0. The second kappa shape index (κ2) is 6.26. The Labute approximate surface area is 128 Å². The molecule has 112 valence electrons. The van der Waals surface area contributed by atoms with Gasteiger partial charge in [0.1, 0.15) is 5.84 Å². The zero-order chi connectivity index (χ0) is 15.4. The fourth-order valence-electron chi connectivity index (χ4n) is 2.38. The van der Waals surface area contributed by atoms with E-state index in [0.29, 0.717) is 0 Å². The van der Waals surface area contributed by atoms with Gasteiger partial charge in [-0.2, -0.15) is 0 Å². The van der Waals surface area contributed by atoms with Crippen LogP contribution in [0.3, 0.4) is 0 Å². The molecule has 0 unspecified atom stereocenters. The first-order valence-electron chi connectivity index (χ1n) is 7.14. The molecule has 22 heavy (non-hydrogen) atoms. The third-order valence-corrected chi connectivity index (χ3v) is 3.54. The molecule has 0 aliphatic carbocycles. The van der Waals surface area contributed by atoms with Crippen molar-refractivity contribution in [3.05, 3.63) is 64.2 Å². The highest BCUT2D eigenvalue weighted by atomic mass is 16.6. The molecule has 0 fully saturated rings. The molecular formula is C16H16N4O2. The number of para-hydroxylation sites is 1. The lowest BCUT2D eigenvalue weighted by molar-refractivity contribution is -0.384. The second-order valence-electron chi connectivity index (χ2n) is 5.09. The highest BCUT2D eigenvalue weighted by molar-refractivity contribution is 5.86. The Morgan fingerprint density at radius 1 is 1.00 bits per heavy atom. The molecule has 0 saturated heterocycles. The molecule has 0 aromatic heterocycles. The smallest absolute Gasteiger partial charge is 0.269 e. The number of hydrogen-bond acceptors (Lipinski definition) is 5. The van der Waals surface area contributed by atoms with E-state index in [4.69, 9.17) is 0 Å². The summed E-state index contributed by atoms with van der Waals surface area (Å²) >= 11 is 0. The predicted octanol–water partition coefficient (Wildman–Crippen LogP) is 3.58. The largest absolute Gasteiger partial charge is 0.300 e. The van der Waals surface area contributed by atoms with E-state index in [9.17, 15) is 10.1 Å². The number of aliphatic imine (C=N–C) groups is 1. The van der Waals surface area contributed by atoms with E-state index in [1.54, 1.807) is 12.1 Å². The molecule has 0 radical (unpaired) electrons. The van der Waals surface area contributed by atoms with Gasteiger partial charge >= 0.3 is 0 Å². The van der Waals surface area contributed by atoms with Gasteiger partial charge in [-0.25, -0.2) is 4.99 Å². The first-order valence-corrected chi connectivity index (χ1v) is 7.14. The maximum Gasteiger partial charge on any atom is 0.269 e. The summed E-state index contributed by atoms with van der Waals surface area (Å²) in [6, 6.07) is 14.4. The monoisotopic (exact) mass is 296 g/mol. The number of nitro groups is 1. The number of anilines is 1. The van der Waals surface area contributed by atoms with Gasteiger partial charge in [-0.1, -0.05) is 18.2 Å². The molecule has 1 aliphatic heterocycles. The Balaban J connectivity index is 1.68. The van der Waals surface area contributed by atoms with Crippen LogP contribution in [0.2, 0.25) is 0 Å². The molecule has 1 aliphatic rings. The minimum Gasteiger partial charge on any atom is -0.300 e. The van der Waals surface area contributed by atoms with Gasteiger partial charge in [0, 0.05) is 18.6 Å². The van der Waals surface area contributed by atoms with Gasteiger partial charge in [0.05, 0.1) is 16.3 Å². The van der Waals surface area contributed by atoms with Crippen LogP contribution in [0.25, 0.3) is 0 Å². The molecule has 3 rings (SSSR count). The lowest BCUT2D eigenvalue weighted by Crippen LogP contribution is -2.29. The van der Waals surface area contributed by atoms with Crippen LogP contribution in [0.4, 0.5) is 17.1 Å². The van der Waals surface area contributed by atoms with E-state index >= 15 is 0 Å². The zero-order valence-electron chi connectivity index (χ0n) is 12.0. The number of aryl methyl sites for hydroxylation is 1. The molecule has 1 heterocycles. The van der Waals surface area contributed by atoms with Crippen molar-refractivity contribution in [2.45, 2.75) is 19.3 Å². The number of nitrogens with zero attached hydrogens (tertiary/aromatic N) is 2. The van der Waals surface area contributed by atoms with E-state index in [2.05, 4.69) is 21.9 Å². The van der Waals surface area contributed by atoms with Crippen molar-refractivity contribution in [2.75, 3.05) is 5.43 Å². The number of amidine groups is 1. The number of fused-ring (bicyclic) bond motifs is 1. The van der Waals surface area contributed by atoms with Crippen molar-refractivity contribution >= 4 is 22.9 Å². The number of hydrazine groups is 1. The van der Waals surface area contributed by atoms with Crippen molar-refractivity contribution in [3.8, 4) is 0 Å². The van der Waals surface area contributed by atoms with Crippen LogP contribution in [0.15, 0.2) is 53.5 Å². The summed E-state index contributed by atoms with van der Waals surface area (Å²) in [6.45, 7) is 0. The summed E-state index contributed by atoms with van der Waals surface area (Å²) in [4.78, 5) is 14.8. The number of hydrogen-bond donors (Lipinski definition) is 2. The molecule has 6 nitrogen and oxygen atoms in total. The van der Waals surface area contributed by atoms with Crippen LogP contribution < -0.4 is 10.9 Å². The van der Waals surface area contributed by atoms with Crippen LogP contribution in [0.1, 0.15) is 18.4 Å². The summed E-state index contributed by atoms with van der Waals surface area (Å²) < 4.78 is 0. The minimum atomic E-state index is -0.413. The highest BCUT2D eigenvalue weighted by Gasteiger charge is 2.09. The number of nitro benzene ring substituents is 1. The van der Waals surface area contributed by atoms with Gasteiger partial charge in [0.15, 0.2) is 0 Å². The molecule has 2 aromatic carbocycles. The average molecular weight is 296 g/mol. The second-order valence-corrected chi connectivity index (χ2v) is 5.09. The van der Waals surface area contributed by atoms with Crippen LogP contribution in [0.5, 0.6) is 0 Å². The summed E-state index contributed by atoms with van der Waals surface area (Å²) in [5.74, 6) is 0.864. The predicted molar refractivity (Wildman–Crippen MR) is 86.3 cm³/mol. The van der Waals surface area contributed by atoms with Crippen LogP contribution in [-0.2, 0) is 6.42 Å². The lowest BCUT2D eigenvalue weighted by Gasteiger charge is -2.11. The molecule has 0 saturated carbocycles. The first-order chi connectivity index (χ1) is 10.7. The molecule has 0 amide bonds. The maximum atomic E-state index is 10.6. The van der Waals surface area contributed by atoms with E-state index in [1.807, 2.05) is 18.2 Å². The third kappa shape index (κ3) is 3.22. The number of benzene rings is 2. The van der Waals surface area contributed by atoms with Crippen LogP contribution in [-0.4, -0.2) is 10.8 Å². The van der Waals surface area contributed by atoms with E-state index in [0.717, 1.165) is 36.5 Å². The molecular weight excluding hydrogens is 280 g/mol. The van der Waals surface area contributed by atoms with Crippen molar-refractivity contribution < 1.29 is 4.92 Å². The van der Waals surface area contributed by atoms with Crippen molar-refractivity contribution in [2.24, 2.45) is 4.99 Å². The van der Waals surface area contributed by atoms with E-state index in [1.165, 1.54) is 17.7 Å². The van der Waals surface area contributed by atoms with Crippen LogP contribution >= 0.6 is 0 Å². The number of non-ortho nitro benzene ring substituents is 1. The first kappa shape index (κ1) is 14.1. The van der Waals surface area contributed by atoms with Gasteiger partial charge in [-0.15, -0.1) is 0 Å². The topological polar surface area (TPSA) is 79.6 Å². The molecule has 0 atom stereocenters. The average Bonchev–Trinajstić information content (AvgIpc) is 2.75. The maximum absolute atomic E-state index is 10.6. The highest BCUT2D eigenvalue weighted by Crippen LogP contribution is 2.24. The summed E-state index contributed by atoms with van der Waals surface area (Å²) in [5, 5.41) is 10.6. The third-order valence-electron chi connectivity index (χ3n) is 3.54. The number of rotatable bonds is 3. The van der Waals surface area contributed by atoms with Gasteiger partial charge in [0.25, 0.3) is 5.69 Å². The fraction of sp³-hybridized carbons (Fsp3) is 0.188. The minimum absolute atomic E-state index is 0.0753. The quantitative estimate of drug-likeness (QED) is 0.670. The normalized spacial score (nSPS) is 13.5. The Morgan fingerprint density at radius 2 is 1.77 bits per heavy atom. The van der Waals surface area contributed by atoms with Gasteiger partial charge < -0.3 is 0 Å². The number of nitrogens with one attached hydrogen (secondary N) is 2. The SMILES string of the molecule is O=[N+]([O-])c1ccc(NNC2=Nc3ccccc3CCC2)cc1. The van der Waals surface area contributed by atoms with Gasteiger partial charge in [-0.05, 0) is 36.6 Å². The molecule has 2 aromatic rings.